The Kier molecular flexibility index (Phi) is 3.75. The first kappa shape index (κ1) is 12.7. The van der Waals surface area contributed by atoms with Gasteiger partial charge < -0.3 is 14.4 Å². The number of carbonyl (C=O) groups is 1. The molecule has 2 rings (SSSR count). The number of nitrogens with zero attached hydrogens (tertiary/aromatic N) is 1. The topological polar surface area (TPSA) is 38.8 Å². The molecule has 0 radical (unpaired) electrons. The molecule has 4 heteroatoms. The van der Waals surface area contributed by atoms with E-state index in [-0.39, 0.29) is 12.7 Å². The molecular formula is C14H19NO3. The molecule has 0 bridgehead atoms. The first-order chi connectivity index (χ1) is 8.61. The van der Waals surface area contributed by atoms with Crippen molar-refractivity contribution in [1.82, 2.24) is 4.90 Å². The minimum absolute atomic E-state index is 0.0219. The Labute approximate surface area is 107 Å². The van der Waals surface area contributed by atoms with Crippen LogP contribution in [0.15, 0.2) is 18.2 Å². The van der Waals surface area contributed by atoms with Crippen molar-refractivity contribution >= 4 is 5.91 Å². The minimum atomic E-state index is 0.0219. The van der Waals surface area contributed by atoms with E-state index in [1.807, 2.05) is 7.05 Å². The van der Waals surface area contributed by atoms with Crippen LogP contribution in [0.4, 0.5) is 0 Å². The van der Waals surface area contributed by atoms with Crippen LogP contribution in [0.3, 0.4) is 0 Å². The Morgan fingerprint density at radius 1 is 1.39 bits per heavy atom. The van der Waals surface area contributed by atoms with Crippen molar-refractivity contribution < 1.29 is 14.3 Å². The summed E-state index contributed by atoms with van der Waals surface area (Å²) in [4.78, 5) is 14.0. The number of rotatable bonds is 4. The summed E-state index contributed by atoms with van der Waals surface area (Å²) in [5.41, 5.74) is 0.644. The SMILES string of the molecule is CC[C@@H](C)CN(C)C(=O)c1ccc2c(c1)OCO2. The lowest BCUT2D eigenvalue weighted by Gasteiger charge is -2.20. The number of benzene rings is 1. The molecular weight excluding hydrogens is 230 g/mol. The molecule has 1 aliphatic rings. The van der Waals surface area contributed by atoms with Crippen molar-refractivity contribution in [3.05, 3.63) is 23.8 Å². The number of hydrogen-bond acceptors (Lipinski definition) is 3. The maximum atomic E-state index is 12.2. The Balaban J connectivity index is 2.09. The molecule has 98 valence electrons. The van der Waals surface area contributed by atoms with E-state index in [0.29, 0.717) is 23.0 Å². The van der Waals surface area contributed by atoms with Crippen molar-refractivity contribution in [2.24, 2.45) is 5.92 Å². The quantitative estimate of drug-likeness (QED) is 0.823. The summed E-state index contributed by atoms with van der Waals surface area (Å²) >= 11 is 0. The van der Waals surface area contributed by atoms with Gasteiger partial charge in [-0.15, -0.1) is 0 Å². The lowest BCUT2D eigenvalue weighted by atomic mass is 10.1. The smallest absolute Gasteiger partial charge is 0.253 e. The zero-order valence-electron chi connectivity index (χ0n) is 11.1. The third-order valence-corrected chi connectivity index (χ3v) is 3.25. The Bertz CT molecular complexity index is 445. The molecule has 4 nitrogen and oxygen atoms in total. The van der Waals surface area contributed by atoms with Gasteiger partial charge in [-0.2, -0.15) is 0 Å². The number of amides is 1. The average molecular weight is 249 g/mol. The summed E-state index contributed by atoms with van der Waals surface area (Å²) in [7, 11) is 1.83. The molecule has 0 fully saturated rings. The van der Waals surface area contributed by atoms with Crippen LogP contribution in [-0.2, 0) is 0 Å². The highest BCUT2D eigenvalue weighted by atomic mass is 16.7. The molecule has 0 N–H and O–H groups in total. The molecule has 0 aliphatic carbocycles. The van der Waals surface area contributed by atoms with E-state index < -0.39 is 0 Å². The van der Waals surface area contributed by atoms with Gasteiger partial charge in [0.1, 0.15) is 0 Å². The van der Waals surface area contributed by atoms with Crippen molar-refractivity contribution in [3.63, 3.8) is 0 Å². The van der Waals surface area contributed by atoms with Gasteiger partial charge in [-0.25, -0.2) is 0 Å². The summed E-state index contributed by atoms with van der Waals surface area (Å²) in [5, 5.41) is 0. The monoisotopic (exact) mass is 249 g/mol. The fourth-order valence-corrected chi connectivity index (χ4v) is 1.93. The Morgan fingerprint density at radius 3 is 2.83 bits per heavy atom. The van der Waals surface area contributed by atoms with Gasteiger partial charge in [-0.05, 0) is 24.1 Å². The van der Waals surface area contributed by atoms with Crippen LogP contribution in [-0.4, -0.2) is 31.2 Å². The van der Waals surface area contributed by atoms with Crippen molar-refractivity contribution in [1.29, 1.82) is 0 Å². The van der Waals surface area contributed by atoms with Crippen LogP contribution in [0.2, 0.25) is 0 Å². The normalized spacial score (nSPS) is 14.4. The van der Waals surface area contributed by atoms with Gasteiger partial charge in [0.15, 0.2) is 11.5 Å². The highest BCUT2D eigenvalue weighted by Crippen LogP contribution is 2.32. The molecule has 1 heterocycles. The zero-order valence-corrected chi connectivity index (χ0v) is 11.1. The van der Waals surface area contributed by atoms with Crippen molar-refractivity contribution in [3.8, 4) is 11.5 Å². The summed E-state index contributed by atoms with van der Waals surface area (Å²) in [6.45, 7) is 5.27. The highest BCUT2D eigenvalue weighted by molar-refractivity contribution is 5.94. The Hall–Kier alpha value is -1.71. The fraction of sp³-hybridized carbons (Fsp3) is 0.500. The van der Waals surface area contributed by atoms with Gasteiger partial charge in [0.25, 0.3) is 5.91 Å². The van der Waals surface area contributed by atoms with Gasteiger partial charge in [-0.3, -0.25) is 4.79 Å². The number of carbonyl (C=O) groups excluding carboxylic acids is 1. The van der Waals surface area contributed by atoms with E-state index in [1.54, 1.807) is 23.1 Å². The molecule has 1 aliphatic heterocycles. The van der Waals surface area contributed by atoms with Crippen molar-refractivity contribution in [2.75, 3.05) is 20.4 Å². The third-order valence-electron chi connectivity index (χ3n) is 3.25. The molecule has 18 heavy (non-hydrogen) atoms. The second kappa shape index (κ2) is 5.29. The van der Waals surface area contributed by atoms with Crippen LogP contribution in [0.25, 0.3) is 0 Å². The largest absolute Gasteiger partial charge is 0.454 e. The van der Waals surface area contributed by atoms with Gasteiger partial charge in [0, 0.05) is 19.2 Å². The standard InChI is InChI=1S/C14H19NO3/c1-4-10(2)8-15(3)14(16)11-5-6-12-13(7-11)18-9-17-12/h5-7,10H,4,8-9H2,1-3H3/t10-/m1/s1. The van der Waals surface area contributed by atoms with Crippen LogP contribution in [0.1, 0.15) is 30.6 Å². The van der Waals surface area contributed by atoms with E-state index in [9.17, 15) is 4.79 Å². The van der Waals surface area contributed by atoms with Gasteiger partial charge >= 0.3 is 0 Å². The molecule has 0 saturated carbocycles. The molecule has 1 atom stereocenters. The van der Waals surface area contributed by atoms with Crippen LogP contribution < -0.4 is 9.47 Å². The van der Waals surface area contributed by atoms with Crippen LogP contribution >= 0.6 is 0 Å². The molecule has 0 saturated heterocycles. The highest BCUT2D eigenvalue weighted by Gasteiger charge is 2.18. The second-order valence-corrected chi connectivity index (χ2v) is 4.77. The van der Waals surface area contributed by atoms with E-state index in [4.69, 9.17) is 9.47 Å². The molecule has 0 aromatic heterocycles. The van der Waals surface area contributed by atoms with Crippen LogP contribution in [0, 0.1) is 5.92 Å². The van der Waals surface area contributed by atoms with E-state index in [2.05, 4.69) is 13.8 Å². The van der Waals surface area contributed by atoms with Gasteiger partial charge in [-0.1, -0.05) is 20.3 Å². The molecule has 1 aromatic rings. The van der Waals surface area contributed by atoms with Crippen LogP contribution in [0.5, 0.6) is 11.5 Å². The predicted molar refractivity (Wildman–Crippen MR) is 69.0 cm³/mol. The maximum absolute atomic E-state index is 12.2. The first-order valence-electron chi connectivity index (χ1n) is 6.27. The number of fused-ring (bicyclic) bond motifs is 1. The third kappa shape index (κ3) is 2.58. The fourth-order valence-electron chi connectivity index (χ4n) is 1.93. The van der Waals surface area contributed by atoms with Crippen molar-refractivity contribution in [2.45, 2.75) is 20.3 Å². The summed E-state index contributed by atoms with van der Waals surface area (Å²) in [5.74, 6) is 1.88. The molecule has 1 aromatic carbocycles. The maximum Gasteiger partial charge on any atom is 0.253 e. The zero-order chi connectivity index (χ0) is 13.1. The van der Waals surface area contributed by atoms with E-state index in [1.165, 1.54) is 0 Å². The summed E-state index contributed by atoms with van der Waals surface area (Å²) in [6, 6.07) is 5.31. The first-order valence-corrected chi connectivity index (χ1v) is 6.27. The average Bonchev–Trinajstić information content (AvgIpc) is 2.84. The lowest BCUT2D eigenvalue weighted by molar-refractivity contribution is 0.0774. The second-order valence-electron chi connectivity index (χ2n) is 4.77. The number of ether oxygens (including phenoxy) is 2. The molecule has 0 unspecified atom stereocenters. The Morgan fingerprint density at radius 2 is 2.11 bits per heavy atom. The molecule has 1 amide bonds. The van der Waals surface area contributed by atoms with Gasteiger partial charge in [0.05, 0.1) is 0 Å². The lowest BCUT2D eigenvalue weighted by Crippen LogP contribution is -2.30. The summed E-state index contributed by atoms with van der Waals surface area (Å²) in [6.07, 6.45) is 1.07. The summed E-state index contributed by atoms with van der Waals surface area (Å²) < 4.78 is 10.5. The van der Waals surface area contributed by atoms with Gasteiger partial charge in [0.2, 0.25) is 6.79 Å². The van der Waals surface area contributed by atoms with E-state index in [0.717, 1.165) is 13.0 Å². The molecule has 0 spiro atoms. The number of hydrogen-bond donors (Lipinski definition) is 0. The minimum Gasteiger partial charge on any atom is -0.454 e. The van der Waals surface area contributed by atoms with E-state index >= 15 is 0 Å². The predicted octanol–water partition coefficient (Wildman–Crippen LogP) is 2.53.